The molecule has 0 saturated heterocycles. The van der Waals surface area contributed by atoms with Gasteiger partial charge < -0.3 is 14.6 Å². The Morgan fingerprint density at radius 3 is 3.04 bits per heavy atom. The van der Waals surface area contributed by atoms with Crippen LogP contribution in [0, 0.1) is 0 Å². The minimum absolute atomic E-state index is 0.0108. The normalized spacial score (nSPS) is 11.9. The number of hydrogen-bond acceptors (Lipinski definition) is 4. The summed E-state index contributed by atoms with van der Waals surface area (Å²) in [4.78, 5) is 17.1. The fourth-order valence-electron chi connectivity index (χ4n) is 2.19. The maximum atomic E-state index is 12.0. The van der Waals surface area contributed by atoms with Crippen molar-refractivity contribution in [2.45, 2.75) is 13.0 Å². The van der Waals surface area contributed by atoms with Crippen molar-refractivity contribution in [3.8, 4) is 11.4 Å². The van der Waals surface area contributed by atoms with Gasteiger partial charge in [-0.3, -0.25) is 4.79 Å². The van der Waals surface area contributed by atoms with E-state index < -0.39 is 0 Å². The Balaban J connectivity index is 1.56. The largest absolute Gasteiger partial charge is 0.484 e. The highest BCUT2D eigenvalue weighted by Gasteiger charge is 2.11. The van der Waals surface area contributed by atoms with E-state index >= 15 is 0 Å². The first-order valence-corrected chi connectivity index (χ1v) is 8.14. The summed E-state index contributed by atoms with van der Waals surface area (Å²) in [7, 11) is 0. The fraction of sp³-hybridized carbons (Fsp3) is 0.176. The molecule has 23 heavy (non-hydrogen) atoms. The highest BCUT2D eigenvalue weighted by molar-refractivity contribution is 7.10. The summed E-state index contributed by atoms with van der Waals surface area (Å²) in [5, 5.41) is 4.92. The van der Waals surface area contributed by atoms with Gasteiger partial charge in [0.15, 0.2) is 6.61 Å². The van der Waals surface area contributed by atoms with Gasteiger partial charge in [-0.15, -0.1) is 11.3 Å². The number of benzene rings is 1. The van der Waals surface area contributed by atoms with Crippen molar-refractivity contribution >= 4 is 17.2 Å². The summed E-state index contributed by atoms with van der Waals surface area (Å²) in [6.45, 7) is 1.95. The van der Waals surface area contributed by atoms with Gasteiger partial charge in [0.2, 0.25) is 0 Å². The zero-order valence-corrected chi connectivity index (χ0v) is 13.5. The maximum absolute atomic E-state index is 12.0. The third-order valence-electron chi connectivity index (χ3n) is 3.34. The number of ether oxygens (including phenoxy) is 1. The molecule has 0 fully saturated rings. The lowest BCUT2D eigenvalue weighted by Gasteiger charge is -2.13. The molecule has 0 aliphatic rings. The van der Waals surface area contributed by atoms with E-state index in [1.807, 2.05) is 59.5 Å². The van der Waals surface area contributed by atoms with Crippen LogP contribution in [0.1, 0.15) is 17.8 Å². The van der Waals surface area contributed by atoms with Crippen LogP contribution in [0.3, 0.4) is 0 Å². The standard InChI is InChI=1S/C17H17N3O2S/c1-13(16-6-3-9-23-16)19-17(21)11-22-15-5-2-4-14(10-15)20-8-7-18-12-20/h2-10,12-13H,11H2,1H3,(H,19,21)/t13-/m0/s1. The number of imidazole rings is 1. The van der Waals surface area contributed by atoms with Crippen molar-refractivity contribution in [1.82, 2.24) is 14.9 Å². The van der Waals surface area contributed by atoms with Crippen molar-refractivity contribution < 1.29 is 9.53 Å². The van der Waals surface area contributed by atoms with Crippen LogP contribution in [-0.4, -0.2) is 22.1 Å². The Hall–Kier alpha value is -2.60. The van der Waals surface area contributed by atoms with Gasteiger partial charge in [0.1, 0.15) is 5.75 Å². The Labute approximate surface area is 138 Å². The van der Waals surface area contributed by atoms with E-state index in [4.69, 9.17) is 4.74 Å². The van der Waals surface area contributed by atoms with Gasteiger partial charge in [-0.25, -0.2) is 4.98 Å². The number of nitrogens with one attached hydrogen (secondary N) is 1. The van der Waals surface area contributed by atoms with E-state index in [-0.39, 0.29) is 18.6 Å². The Morgan fingerprint density at radius 2 is 2.30 bits per heavy atom. The number of rotatable bonds is 6. The third kappa shape index (κ3) is 3.98. The number of nitrogens with zero attached hydrogens (tertiary/aromatic N) is 2. The zero-order valence-electron chi connectivity index (χ0n) is 12.7. The molecule has 0 bridgehead atoms. The molecular weight excluding hydrogens is 310 g/mol. The second-order valence-electron chi connectivity index (χ2n) is 5.06. The lowest BCUT2D eigenvalue weighted by Crippen LogP contribution is -2.30. The zero-order chi connectivity index (χ0) is 16.1. The van der Waals surface area contributed by atoms with Gasteiger partial charge in [0.25, 0.3) is 5.91 Å². The number of amides is 1. The van der Waals surface area contributed by atoms with E-state index in [0.29, 0.717) is 5.75 Å². The lowest BCUT2D eigenvalue weighted by molar-refractivity contribution is -0.123. The second-order valence-corrected chi connectivity index (χ2v) is 6.04. The van der Waals surface area contributed by atoms with Gasteiger partial charge in [-0.05, 0) is 30.5 Å². The molecule has 3 aromatic rings. The minimum Gasteiger partial charge on any atom is -0.484 e. The molecule has 1 aromatic carbocycles. The molecule has 3 rings (SSSR count). The van der Waals surface area contributed by atoms with Crippen molar-refractivity contribution in [3.63, 3.8) is 0 Å². The molecule has 2 aromatic heterocycles. The number of hydrogen-bond donors (Lipinski definition) is 1. The van der Waals surface area contributed by atoms with Crippen LogP contribution >= 0.6 is 11.3 Å². The smallest absolute Gasteiger partial charge is 0.258 e. The minimum atomic E-state index is -0.140. The average molecular weight is 327 g/mol. The topological polar surface area (TPSA) is 56.1 Å². The molecule has 2 heterocycles. The Bertz CT molecular complexity index is 754. The first-order chi connectivity index (χ1) is 11.2. The molecule has 5 nitrogen and oxygen atoms in total. The summed E-state index contributed by atoms with van der Waals surface area (Å²) in [6.07, 6.45) is 5.29. The number of carbonyl (C=O) groups excluding carboxylic acids is 1. The molecule has 0 spiro atoms. The molecule has 1 atom stereocenters. The molecule has 0 aliphatic heterocycles. The van der Waals surface area contributed by atoms with Gasteiger partial charge in [-0.1, -0.05) is 12.1 Å². The molecule has 1 amide bonds. The van der Waals surface area contributed by atoms with Gasteiger partial charge in [-0.2, -0.15) is 0 Å². The van der Waals surface area contributed by atoms with Crippen LogP contribution in [0.15, 0.2) is 60.5 Å². The van der Waals surface area contributed by atoms with Gasteiger partial charge in [0, 0.05) is 23.3 Å². The predicted molar refractivity (Wildman–Crippen MR) is 89.9 cm³/mol. The third-order valence-corrected chi connectivity index (χ3v) is 4.39. The van der Waals surface area contributed by atoms with E-state index in [9.17, 15) is 4.79 Å². The van der Waals surface area contributed by atoms with Crippen LogP contribution in [0.4, 0.5) is 0 Å². The highest BCUT2D eigenvalue weighted by Crippen LogP contribution is 2.19. The van der Waals surface area contributed by atoms with Crippen molar-refractivity contribution in [2.24, 2.45) is 0 Å². The van der Waals surface area contributed by atoms with Crippen molar-refractivity contribution in [3.05, 3.63) is 65.4 Å². The summed E-state index contributed by atoms with van der Waals surface area (Å²) < 4.78 is 7.46. The summed E-state index contributed by atoms with van der Waals surface area (Å²) in [5.41, 5.74) is 0.937. The van der Waals surface area contributed by atoms with E-state index in [1.54, 1.807) is 23.9 Å². The lowest BCUT2D eigenvalue weighted by atomic mass is 10.3. The monoisotopic (exact) mass is 327 g/mol. The predicted octanol–water partition coefficient (Wildman–Crippen LogP) is 3.19. The van der Waals surface area contributed by atoms with Crippen LogP contribution in [0.5, 0.6) is 5.75 Å². The fourth-order valence-corrected chi connectivity index (χ4v) is 2.92. The molecular formula is C17H17N3O2S. The molecule has 0 aliphatic carbocycles. The summed E-state index contributed by atoms with van der Waals surface area (Å²) >= 11 is 1.62. The van der Waals surface area contributed by atoms with E-state index in [2.05, 4.69) is 10.3 Å². The Morgan fingerprint density at radius 1 is 1.39 bits per heavy atom. The molecule has 1 N–H and O–H groups in total. The van der Waals surface area contributed by atoms with Crippen LogP contribution in [0.25, 0.3) is 5.69 Å². The van der Waals surface area contributed by atoms with E-state index in [0.717, 1.165) is 10.6 Å². The average Bonchev–Trinajstić information content (AvgIpc) is 3.26. The molecule has 0 unspecified atom stereocenters. The van der Waals surface area contributed by atoms with Crippen LogP contribution in [-0.2, 0) is 4.79 Å². The van der Waals surface area contributed by atoms with Crippen molar-refractivity contribution in [2.75, 3.05) is 6.61 Å². The Kier molecular flexibility index (Phi) is 4.73. The molecule has 118 valence electrons. The van der Waals surface area contributed by atoms with E-state index in [1.165, 1.54) is 0 Å². The van der Waals surface area contributed by atoms with Crippen LogP contribution < -0.4 is 10.1 Å². The van der Waals surface area contributed by atoms with Gasteiger partial charge >= 0.3 is 0 Å². The summed E-state index contributed by atoms with van der Waals surface area (Å²) in [5.74, 6) is 0.508. The van der Waals surface area contributed by atoms with Crippen molar-refractivity contribution in [1.29, 1.82) is 0 Å². The summed E-state index contributed by atoms with van der Waals surface area (Å²) in [6, 6.07) is 11.5. The number of carbonyl (C=O) groups is 1. The number of thiophene rings is 1. The number of aromatic nitrogens is 2. The highest BCUT2D eigenvalue weighted by atomic mass is 32.1. The molecule has 6 heteroatoms. The SMILES string of the molecule is C[C@H](NC(=O)COc1cccc(-n2ccnc2)c1)c1cccs1. The van der Waals surface area contributed by atoms with Crippen LogP contribution in [0.2, 0.25) is 0 Å². The first kappa shape index (κ1) is 15.3. The maximum Gasteiger partial charge on any atom is 0.258 e. The first-order valence-electron chi connectivity index (χ1n) is 7.26. The van der Waals surface area contributed by atoms with Gasteiger partial charge in [0.05, 0.1) is 18.1 Å². The molecule has 0 saturated carbocycles. The second kappa shape index (κ2) is 7.11. The molecule has 0 radical (unpaired) electrons. The quantitative estimate of drug-likeness (QED) is 0.756.